The fourth-order valence-electron chi connectivity index (χ4n) is 0.183. The molecule has 0 aliphatic carbocycles. The summed E-state index contributed by atoms with van der Waals surface area (Å²) in [5.74, 6) is -2.59. The van der Waals surface area contributed by atoms with Crippen molar-refractivity contribution in [1.29, 1.82) is 0 Å². The van der Waals surface area contributed by atoms with Crippen molar-refractivity contribution in [2.45, 2.75) is 0 Å². The van der Waals surface area contributed by atoms with Gasteiger partial charge in [0.1, 0.15) is 0 Å². The molecule has 3 radical (unpaired) electrons. The van der Waals surface area contributed by atoms with Crippen molar-refractivity contribution in [3.05, 3.63) is 12.3 Å². The molecule has 0 unspecified atom stereocenters. The van der Waals surface area contributed by atoms with Crippen LogP contribution < -0.4 is 0 Å². The van der Waals surface area contributed by atoms with E-state index < -0.39 is 19.6 Å². The molecule has 0 aromatic carbocycles. The predicted molar refractivity (Wildman–Crippen MR) is 47.2 cm³/mol. The molecule has 61 valence electrons. The maximum Gasteiger partial charge on any atom is 0.525 e. The minimum absolute atomic E-state index is 0. The Morgan fingerprint density at radius 3 is 1.62 bits per heavy atom. The number of phosphoric ester groups is 1. The Kier molecular flexibility index (Phi) is 20.0. The molecule has 0 heterocycles. The topological polar surface area (TPSA) is 104 Å². The van der Waals surface area contributed by atoms with Crippen molar-refractivity contribution >= 4 is 102 Å². The second kappa shape index (κ2) is 10.7. The molecule has 0 amide bonds. The van der Waals surface area contributed by atoms with Gasteiger partial charge in [0, 0.05) is 88.7 Å². The van der Waals surface area contributed by atoms with E-state index in [9.17, 15) is 9.36 Å². The number of rotatable bonds is 3. The molecule has 13 heavy (non-hydrogen) atoms. The van der Waals surface area contributed by atoms with Gasteiger partial charge in [0.2, 0.25) is 5.76 Å². The molecule has 0 rings (SSSR count). The van der Waals surface area contributed by atoms with Crippen LogP contribution in [0.3, 0.4) is 0 Å². The number of phosphoric acid groups is 1. The summed E-state index contributed by atoms with van der Waals surface area (Å²) >= 11 is 0. The van der Waals surface area contributed by atoms with E-state index in [0.717, 1.165) is 0 Å². The molecule has 0 bridgehead atoms. The zero-order chi connectivity index (χ0) is 8.36. The quantitative estimate of drug-likeness (QED) is 0.240. The summed E-state index contributed by atoms with van der Waals surface area (Å²) in [7, 11) is -4.76. The molecule has 0 atom stereocenters. The van der Waals surface area contributed by atoms with Gasteiger partial charge in [-0.2, -0.15) is 0 Å². The van der Waals surface area contributed by atoms with Crippen LogP contribution in [0.5, 0.6) is 0 Å². The molecule has 6 nitrogen and oxygen atoms in total. The van der Waals surface area contributed by atoms with E-state index in [2.05, 4.69) is 11.1 Å². The third-order valence-electron chi connectivity index (χ3n) is 0.468. The van der Waals surface area contributed by atoms with E-state index in [-0.39, 0.29) is 88.7 Å². The van der Waals surface area contributed by atoms with Crippen LogP contribution in [-0.4, -0.2) is 110 Å². The van der Waals surface area contributed by atoms with E-state index in [1.54, 1.807) is 0 Å². The zero-order valence-corrected chi connectivity index (χ0v) is 14.6. The number of hydrogen-bond donors (Lipinski definition) is 3. The first-order chi connectivity index (χ1) is 4.33. The zero-order valence-electron chi connectivity index (χ0n) is 7.72. The number of aliphatic carboxylic acids is 1. The third-order valence-corrected chi connectivity index (χ3v) is 0.926. The minimum atomic E-state index is -4.76. The average Bonchev–Trinajstić information content (AvgIpc) is 1.60. The van der Waals surface area contributed by atoms with E-state index in [1.807, 2.05) is 0 Å². The first-order valence-corrected chi connectivity index (χ1v) is 3.53. The van der Waals surface area contributed by atoms with Gasteiger partial charge in [0.05, 0.1) is 0 Å². The molecule has 0 aliphatic heterocycles. The standard InChI is InChI=1S/C3H5O6P.3Na/c1-2(3(4)5)9-10(6,7)8;;;/h1H2,(H,4,5)(H2,6,7,8);;;. The van der Waals surface area contributed by atoms with Crippen molar-refractivity contribution in [2.75, 3.05) is 0 Å². The predicted octanol–water partition coefficient (Wildman–Crippen LogP) is -1.45. The van der Waals surface area contributed by atoms with E-state index in [0.29, 0.717) is 0 Å². The summed E-state index contributed by atoms with van der Waals surface area (Å²) in [6.07, 6.45) is 0. The van der Waals surface area contributed by atoms with Crippen molar-refractivity contribution < 1.29 is 28.8 Å². The van der Waals surface area contributed by atoms with Crippen LogP contribution in [-0.2, 0) is 13.9 Å². The first kappa shape index (κ1) is 24.4. The molecule has 0 saturated heterocycles. The van der Waals surface area contributed by atoms with Gasteiger partial charge < -0.3 is 9.63 Å². The van der Waals surface area contributed by atoms with Crippen molar-refractivity contribution in [3.8, 4) is 0 Å². The van der Waals surface area contributed by atoms with Crippen LogP contribution >= 0.6 is 7.82 Å². The van der Waals surface area contributed by atoms with Crippen LogP contribution in [0.15, 0.2) is 12.3 Å². The van der Waals surface area contributed by atoms with Crippen molar-refractivity contribution in [3.63, 3.8) is 0 Å². The molecule has 0 aliphatic rings. The van der Waals surface area contributed by atoms with E-state index in [4.69, 9.17) is 14.9 Å². The van der Waals surface area contributed by atoms with Gasteiger partial charge in [-0.05, 0) is 6.58 Å². The Morgan fingerprint density at radius 2 is 1.54 bits per heavy atom. The summed E-state index contributed by atoms with van der Waals surface area (Å²) < 4.78 is 13.5. The monoisotopic (exact) mass is 237 g/mol. The van der Waals surface area contributed by atoms with E-state index in [1.165, 1.54) is 0 Å². The Hall–Kier alpha value is 2.16. The van der Waals surface area contributed by atoms with Gasteiger partial charge in [-0.3, -0.25) is 9.79 Å². The molecule has 0 aromatic rings. The number of carbonyl (C=O) groups is 1. The smallest absolute Gasteiger partial charge is 0.475 e. The maximum absolute atomic E-state index is 9.89. The maximum atomic E-state index is 9.89. The van der Waals surface area contributed by atoms with Crippen LogP contribution in [0.2, 0.25) is 0 Å². The number of carboxylic acid groups (broad SMARTS) is 1. The SMILES string of the molecule is C=C(OP(=O)(O)O)C(=O)O.[Na].[Na].[Na]. The van der Waals surface area contributed by atoms with Crippen molar-refractivity contribution in [1.82, 2.24) is 0 Å². The van der Waals surface area contributed by atoms with Crippen molar-refractivity contribution in [2.24, 2.45) is 0 Å². The van der Waals surface area contributed by atoms with Crippen LogP contribution in [0, 0.1) is 0 Å². The average molecular weight is 237 g/mol. The first-order valence-electron chi connectivity index (χ1n) is 2.00. The van der Waals surface area contributed by atoms with Gasteiger partial charge >= 0.3 is 13.8 Å². The molecule has 0 aromatic heterocycles. The Bertz CT molecular complexity index is 211. The Labute approximate surface area is 141 Å². The van der Waals surface area contributed by atoms with Crippen LogP contribution in [0.4, 0.5) is 0 Å². The molecule has 0 saturated carbocycles. The minimum Gasteiger partial charge on any atom is -0.475 e. The second-order valence-corrected chi connectivity index (χ2v) is 2.47. The van der Waals surface area contributed by atoms with Crippen LogP contribution in [0.25, 0.3) is 0 Å². The largest absolute Gasteiger partial charge is 0.525 e. The Balaban J connectivity index is -0.000000135. The fourth-order valence-corrected chi connectivity index (χ4v) is 0.548. The molecular formula is C3H5Na3O6P. The number of carboxylic acids is 1. The summed E-state index contributed by atoms with van der Waals surface area (Å²) in [4.78, 5) is 25.8. The Morgan fingerprint density at radius 1 is 1.23 bits per heavy atom. The summed E-state index contributed by atoms with van der Waals surface area (Å²) in [5.41, 5.74) is 0. The van der Waals surface area contributed by atoms with Gasteiger partial charge in [-0.15, -0.1) is 0 Å². The second-order valence-electron chi connectivity index (χ2n) is 1.31. The molecular weight excluding hydrogens is 232 g/mol. The molecule has 0 spiro atoms. The third kappa shape index (κ3) is 16.8. The summed E-state index contributed by atoms with van der Waals surface area (Å²) in [6.45, 7) is 2.73. The van der Waals surface area contributed by atoms with Gasteiger partial charge in [0.25, 0.3) is 0 Å². The molecule has 10 heteroatoms. The fraction of sp³-hybridized carbons (Fsp3) is 0. The number of hydrogen-bond acceptors (Lipinski definition) is 3. The normalized spacial score (nSPS) is 8.15. The summed E-state index contributed by atoms with van der Waals surface area (Å²) in [5, 5.41) is 7.98. The van der Waals surface area contributed by atoms with E-state index >= 15 is 0 Å². The summed E-state index contributed by atoms with van der Waals surface area (Å²) in [6, 6.07) is 0. The van der Waals surface area contributed by atoms with Gasteiger partial charge in [0.15, 0.2) is 0 Å². The molecule has 3 N–H and O–H groups in total. The molecule has 0 fully saturated rings. The van der Waals surface area contributed by atoms with Gasteiger partial charge in [-0.1, -0.05) is 0 Å². The van der Waals surface area contributed by atoms with Gasteiger partial charge in [-0.25, -0.2) is 9.36 Å². The van der Waals surface area contributed by atoms with Crippen LogP contribution in [0.1, 0.15) is 0 Å².